The Hall–Kier alpha value is -0.610. The van der Waals surface area contributed by atoms with Gasteiger partial charge in [0.1, 0.15) is 0 Å². The van der Waals surface area contributed by atoms with Gasteiger partial charge in [0.25, 0.3) is 0 Å². The molecule has 0 aromatic heterocycles. The average Bonchev–Trinajstić information content (AvgIpc) is 2.38. The molecule has 2 N–H and O–H groups in total. The molecule has 4 heteroatoms. The Morgan fingerprint density at radius 1 is 1.37 bits per heavy atom. The van der Waals surface area contributed by atoms with Crippen molar-refractivity contribution < 1.29 is 14.6 Å². The van der Waals surface area contributed by atoms with E-state index in [2.05, 4.69) is 26.1 Å². The first kappa shape index (κ1) is 16.4. The molecule has 112 valence electrons. The van der Waals surface area contributed by atoms with E-state index in [0.29, 0.717) is 17.9 Å². The summed E-state index contributed by atoms with van der Waals surface area (Å²) in [5, 5.41) is 12.6. The molecule has 0 bridgehead atoms. The van der Waals surface area contributed by atoms with Crippen LogP contribution in [0.25, 0.3) is 0 Å². The van der Waals surface area contributed by atoms with Crippen LogP contribution in [0.3, 0.4) is 0 Å². The number of ether oxygens (including phenoxy) is 1. The summed E-state index contributed by atoms with van der Waals surface area (Å²) in [6.07, 6.45) is 4.03. The lowest BCUT2D eigenvalue weighted by Crippen LogP contribution is -2.41. The summed E-state index contributed by atoms with van der Waals surface area (Å²) in [6.45, 7) is 9.53. The van der Waals surface area contributed by atoms with Crippen molar-refractivity contribution in [1.82, 2.24) is 5.32 Å². The Labute approximate surface area is 116 Å². The van der Waals surface area contributed by atoms with Crippen LogP contribution in [0.4, 0.5) is 0 Å². The number of nitrogens with one attached hydrogen (secondary N) is 1. The average molecular weight is 271 g/mol. The van der Waals surface area contributed by atoms with E-state index in [1.54, 1.807) is 0 Å². The summed E-state index contributed by atoms with van der Waals surface area (Å²) < 4.78 is 5.42. The molecule has 0 aromatic carbocycles. The van der Waals surface area contributed by atoms with Gasteiger partial charge < -0.3 is 15.2 Å². The van der Waals surface area contributed by atoms with Crippen LogP contribution in [0.15, 0.2) is 0 Å². The van der Waals surface area contributed by atoms with Gasteiger partial charge in [0.05, 0.1) is 5.92 Å². The quantitative estimate of drug-likeness (QED) is 0.712. The largest absolute Gasteiger partial charge is 0.481 e. The Kier molecular flexibility index (Phi) is 6.80. The number of hydrogen-bond donors (Lipinski definition) is 2. The Balaban J connectivity index is 2.39. The number of aliphatic carboxylic acids is 1. The minimum absolute atomic E-state index is 0.270. The van der Waals surface area contributed by atoms with Crippen molar-refractivity contribution in [2.45, 2.75) is 46.5 Å². The van der Waals surface area contributed by atoms with Crippen LogP contribution in [0.1, 0.15) is 46.5 Å². The number of carboxylic acids is 1. The molecule has 1 aliphatic rings. The lowest BCUT2D eigenvalue weighted by molar-refractivity contribution is -0.142. The van der Waals surface area contributed by atoms with Crippen molar-refractivity contribution in [2.24, 2.45) is 17.3 Å². The highest BCUT2D eigenvalue weighted by atomic mass is 16.5. The van der Waals surface area contributed by atoms with Crippen LogP contribution in [-0.4, -0.2) is 37.4 Å². The molecule has 1 atom stereocenters. The van der Waals surface area contributed by atoms with Gasteiger partial charge in [0, 0.05) is 26.3 Å². The fourth-order valence-electron chi connectivity index (χ4n) is 2.81. The van der Waals surface area contributed by atoms with E-state index >= 15 is 0 Å². The molecular formula is C15H29NO3. The van der Waals surface area contributed by atoms with E-state index in [-0.39, 0.29) is 5.92 Å². The highest BCUT2D eigenvalue weighted by Gasteiger charge is 2.30. The predicted octanol–water partition coefficient (Wildman–Crippen LogP) is 2.53. The van der Waals surface area contributed by atoms with Crippen LogP contribution in [0, 0.1) is 17.3 Å². The molecule has 1 unspecified atom stereocenters. The smallest absolute Gasteiger partial charge is 0.307 e. The van der Waals surface area contributed by atoms with E-state index in [4.69, 9.17) is 4.74 Å². The van der Waals surface area contributed by atoms with Gasteiger partial charge >= 0.3 is 5.97 Å². The van der Waals surface area contributed by atoms with E-state index in [0.717, 1.165) is 45.4 Å². The van der Waals surface area contributed by atoms with Crippen LogP contribution in [0.5, 0.6) is 0 Å². The van der Waals surface area contributed by atoms with Gasteiger partial charge in [-0.05, 0) is 37.0 Å². The fourth-order valence-corrected chi connectivity index (χ4v) is 2.81. The maximum absolute atomic E-state index is 11.2. The fraction of sp³-hybridized carbons (Fsp3) is 0.933. The third-order valence-electron chi connectivity index (χ3n) is 4.30. The van der Waals surface area contributed by atoms with Gasteiger partial charge in [-0.3, -0.25) is 4.79 Å². The van der Waals surface area contributed by atoms with Crippen molar-refractivity contribution in [1.29, 1.82) is 0 Å². The second kappa shape index (κ2) is 7.85. The number of carboxylic acid groups (broad SMARTS) is 1. The van der Waals surface area contributed by atoms with Crippen molar-refractivity contribution in [3.63, 3.8) is 0 Å². The van der Waals surface area contributed by atoms with Crippen molar-refractivity contribution in [3.05, 3.63) is 0 Å². The van der Waals surface area contributed by atoms with E-state index in [9.17, 15) is 9.90 Å². The van der Waals surface area contributed by atoms with Gasteiger partial charge in [-0.2, -0.15) is 0 Å². The van der Waals surface area contributed by atoms with E-state index < -0.39 is 5.97 Å². The molecule has 1 rings (SSSR count). The van der Waals surface area contributed by atoms with Gasteiger partial charge in [-0.1, -0.05) is 20.8 Å². The maximum atomic E-state index is 11.2. The molecule has 19 heavy (non-hydrogen) atoms. The van der Waals surface area contributed by atoms with Crippen molar-refractivity contribution in [2.75, 3.05) is 26.3 Å². The first-order chi connectivity index (χ1) is 8.99. The SMILES string of the molecule is CCC1(CNCC(CC(C)C)C(=O)O)CCOCC1. The molecule has 1 heterocycles. The Morgan fingerprint density at radius 3 is 2.47 bits per heavy atom. The van der Waals surface area contributed by atoms with Crippen LogP contribution in [-0.2, 0) is 9.53 Å². The third-order valence-corrected chi connectivity index (χ3v) is 4.30. The summed E-state index contributed by atoms with van der Waals surface area (Å²) in [5.41, 5.74) is 0.305. The summed E-state index contributed by atoms with van der Waals surface area (Å²) in [5.74, 6) is -0.529. The van der Waals surface area contributed by atoms with Crippen LogP contribution in [0.2, 0.25) is 0 Å². The predicted molar refractivity (Wildman–Crippen MR) is 76.2 cm³/mol. The lowest BCUT2D eigenvalue weighted by atomic mass is 9.77. The summed E-state index contributed by atoms with van der Waals surface area (Å²) in [4.78, 5) is 11.2. The highest BCUT2D eigenvalue weighted by molar-refractivity contribution is 5.70. The topological polar surface area (TPSA) is 58.6 Å². The molecule has 0 saturated carbocycles. The third kappa shape index (κ3) is 5.49. The molecule has 0 radical (unpaired) electrons. The highest BCUT2D eigenvalue weighted by Crippen LogP contribution is 2.33. The standard InChI is InChI=1S/C15H29NO3/c1-4-15(5-7-19-8-6-15)11-16-10-13(14(17)18)9-12(2)3/h12-13,16H,4-11H2,1-3H3,(H,17,18). The van der Waals surface area contributed by atoms with Crippen LogP contribution >= 0.6 is 0 Å². The molecule has 4 nitrogen and oxygen atoms in total. The minimum atomic E-state index is -0.682. The molecule has 1 fully saturated rings. The summed E-state index contributed by atoms with van der Waals surface area (Å²) in [6, 6.07) is 0. The lowest BCUT2D eigenvalue weighted by Gasteiger charge is -2.37. The summed E-state index contributed by atoms with van der Waals surface area (Å²) in [7, 11) is 0. The number of hydrogen-bond acceptors (Lipinski definition) is 3. The van der Waals surface area contributed by atoms with Gasteiger partial charge in [0.15, 0.2) is 0 Å². The monoisotopic (exact) mass is 271 g/mol. The van der Waals surface area contributed by atoms with Gasteiger partial charge in [0.2, 0.25) is 0 Å². The van der Waals surface area contributed by atoms with Crippen molar-refractivity contribution >= 4 is 5.97 Å². The Morgan fingerprint density at radius 2 is 2.00 bits per heavy atom. The molecular weight excluding hydrogens is 242 g/mol. The second-order valence-electron chi connectivity index (χ2n) is 6.26. The first-order valence-corrected chi connectivity index (χ1v) is 7.50. The number of carbonyl (C=O) groups is 1. The normalized spacial score (nSPS) is 20.4. The van der Waals surface area contributed by atoms with Gasteiger partial charge in [-0.25, -0.2) is 0 Å². The van der Waals surface area contributed by atoms with E-state index in [1.807, 2.05) is 0 Å². The molecule has 0 spiro atoms. The molecule has 0 aliphatic carbocycles. The van der Waals surface area contributed by atoms with Crippen molar-refractivity contribution in [3.8, 4) is 0 Å². The molecule has 0 amide bonds. The molecule has 1 saturated heterocycles. The molecule has 0 aromatic rings. The number of rotatable bonds is 8. The van der Waals surface area contributed by atoms with Gasteiger partial charge in [-0.15, -0.1) is 0 Å². The zero-order valence-electron chi connectivity index (χ0n) is 12.6. The second-order valence-corrected chi connectivity index (χ2v) is 6.26. The minimum Gasteiger partial charge on any atom is -0.481 e. The molecule has 1 aliphatic heterocycles. The Bertz CT molecular complexity index is 273. The summed E-state index contributed by atoms with van der Waals surface area (Å²) >= 11 is 0. The zero-order chi connectivity index (χ0) is 14.3. The zero-order valence-corrected chi connectivity index (χ0v) is 12.6. The van der Waals surface area contributed by atoms with E-state index in [1.165, 1.54) is 0 Å². The first-order valence-electron chi connectivity index (χ1n) is 7.50. The maximum Gasteiger partial charge on any atom is 0.307 e. The van der Waals surface area contributed by atoms with Crippen LogP contribution < -0.4 is 5.32 Å².